The molecule has 1 aliphatic rings. The molecule has 2 aromatic heterocycles. The summed E-state index contributed by atoms with van der Waals surface area (Å²) in [5.74, 6) is -0.241. The Balaban J connectivity index is 1.50. The molecule has 9 heteroatoms. The fourth-order valence-electron chi connectivity index (χ4n) is 4.21. The van der Waals surface area contributed by atoms with E-state index in [4.69, 9.17) is 18.9 Å². The topological polar surface area (TPSA) is 109 Å². The van der Waals surface area contributed by atoms with E-state index < -0.39 is 18.5 Å². The number of ketones is 1. The lowest BCUT2D eigenvalue weighted by molar-refractivity contribution is 0.0468. The average molecular weight is 466 g/mol. The van der Waals surface area contributed by atoms with Crippen molar-refractivity contribution in [1.82, 2.24) is 9.55 Å². The Bertz CT molecular complexity index is 1300. The Morgan fingerprint density at radius 2 is 1.74 bits per heavy atom. The molecule has 3 heterocycles. The van der Waals surface area contributed by atoms with Gasteiger partial charge in [0.1, 0.15) is 5.69 Å². The predicted molar refractivity (Wildman–Crippen MR) is 122 cm³/mol. The Kier molecular flexibility index (Phi) is 6.19. The zero-order chi connectivity index (χ0) is 24.6. The number of aromatic nitrogens is 2. The second kappa shape index (κ2) is 9.09. The normalized spacial score (nSPS) is 12.0. The van der Waals surface area contributed by atoms with Crippen LogP contribution in [0.25, 0.3) is 5.69 Å². The number of aryl methyl sites for hydroxylation is 2. The molecule has 1 aliphatic heterocycles. The molecule has 4 rings (SSSR count). The molecule has 0 atom stereocenters. The van der Waals surface area contributed by atoms with Gasteiger partial charge in [0.25, 0.3) is 0 Å². The van der Waals surface area contributed by atoms with Crippen LogP contribution in [0.5, 0.6) is 11.5 Å². The number of fused-ring (bicyclic) bond motifs is 1. The van der Waals surface area contributed by atoms with Crippen LogP contribution in [0.4, 0.5) is 0 Å². The fourth-order valence-corrected chi connectivity index (χ4v) is 4.21. The molecule has 0 saturated carbocycles. The number of aromatic amines is 1. The number of carbonyl (C=O) groups is 3. The van der Waals surface area contributed by atoms with Crippen molar-refractivity contribution >= 4 is 17.7 Å². The Labute approximate surface area is 196 Å². The van der Waals surface area contributed by atoms with Crippen LogP contribution in [0, 0.1) is 27.7 Å². The molecule has 0 radical (unpaired) electrons. The van der Waals surface area contributed by atoms with Crippen molar-refractivity contribution in [3.05, 3.63) is 63.7 Å². The Hall–Kier alpha value is -4.01. The lowest BCUT2D eigenvalue weighted by atomic mass is 10.1. The maximum Gasteiger partial charge on any atom is 0.355 e. The Morgan fingerprint density at radius 3 is 2.47 bits per heavy atom. The van der Waals surface area contributed by atoms with Crippen LogP contribution in [0.1, 0.15) is 60.8 Å². The molecule has 0 aliphatic carbocycles. The molecule has 0 unspecified atom stereocenters. The highest BCUT2D eigenvalue weighted by Gasteiger charge is 2.25. The molecular formula is C25H26N2O7. The highest BCUT2D eigenvalue weighted by molar-refractivity contribution is 6.02. The van der Waals surface area contributed by atoms with Crippen molar-refractivity contribution in [3.8, 4) is 17.2 Å². The largest absolute Gasteiger partial charge is 0.462 e. The molecule has 1 aromatic carbocycles. The standard InChI is InChI=1S/C25H26N2O7/c1-6-31-24(29)22-14(3)23(26-15(22)4)25(30)32-11-19(28)18-9-13(2)27(16(18)5)17-7-8-20-21(10-17)34-12-33-20/h7-10,26H,6,11-12H2,1-5H3. The van der Waals surface area contributed by atoms with Crippen molar-refractivity contribution in [2.24, 2.45) is 0 Å². The van der Waals surface area contributed by atoms with Crippen LogP contribution in [0.15, 0.2) is 24.3 Å². The van der Waals surface area contributed by atoms with Gasteiger partial charge in [0.2, 0.25) is 12.6 Å². The molecule has 9 nitrogen and oxygen atoms in total. The summed E-state index contributed by atoms with van der Waals surface area (Å²) in [6.45, 7) is 8.70. The molecule has 0 bridgehead atoms. The molecule has 0 spiro atoms. The summed E-state index contributed by atoms with van der Waals surface area (Å²) in [7, 11) is 0. The summed E-state index contributed by atoms with van der Waals surface area (Å²) in [5, 5.41) is 0. The van der Waals surface area contributed by atoms with Crippen LogP contribution in [-0.2, 0) is 9.47 Å². The lowest BCUT2D eigenvalue weighted by Gasteiger charge is -2.11. The van der Waals surface area contributed by atoms with Gasteiger partial charge in [-0.3, -0.25) is 4.79 Å². The zero-order valence-corrected chi connectivity index (χ0v) is 19.7. The predicted octanol–water partition coefficient (Wildman–Crippen LogP) is 3.98. The van der Waals surface area contributed by atoms with Crippen LogP contribution < -0.4 is 9.47 Å². The number of esters is 2. The minimum Gasteiger partial charge on any atom is -0.462 e. The van der Waals surface area contributed by atoms with Gasteiger partial charge in [-0.05, 0) is 58.4 Å². The quantitative estimate of drug-likeness (QED) is 0.414. The van der Waals surface area contributed by atoms with Crippen molar-refractivity contribution in [3.63, 3.8) is 0 Å². The maximum absolute atomic E-state index is 12.9. The van der Waals surface area contributed by atoms with E-state index in [9.17, 15) is 14.4 Å². The number of hydrogen-bond acceptors (Lipinski definition) is 7. The van der Waals surface area contributed by atoms with E-state index in [-0.39, 0.29) is 24.9 Å². The van der Waals surface area contributed by atoms with Gasteiger partial charge in [-0.1, -0.05) is 0 Å². The summed E-state index contributed by atoms with van der Waals surface area (Å²) < 4.78 is 23.1. The summed E-state index contributed by atoms with van der Waals surface area (Å²) in [6.07, 6.45) is 0. The van der Waals surface area contributed by atoms with E-state index in [1.165, 1.54) is 0 Å². The van der Waals surface area contributed by atoms with E-state index in [0.29, 0.717) is 39.6 Å². The molecule has 1 N–H and O–H groups in total. The van der Waals surface area contributed by atoms with E-state index in [1.807, 2.05) is 36.6 Å². The van der Waals surface area contributed by atoms with Crippen molar-refractivity contribution in [2.75, 3.05) is 20.0 Å². The third-order valence-electron chi connectivity index (χ3n) is 5.80. The second-order valence-electron chi connectivity index (χ2n) is 8.00. The minimum atomic E-state index is -0.714. The molecule has 0 fully saturated rings. The van der Waals surface area contributed by atoms with Crippen molar-refractivity contribution in [1.29, 1.82) is 0 Å². The number of ether oxygens (including phenoxy) is 4. The van der Waals surface area contributed by atoms with Gasteiger partial charge < -0.3 is 28.5 Å². The minimum absolute atomic E-state index is 0.124. The first-order chi connectivity index (χ1) is 16.2. The number of benzene rings is 1. The molecule has 178 valence electrons. The van der Waals surface area contributed by atoms with Crippen molar-refractivity contribution in [2.45, 2.75) is 34.6 Å². The van der Waals surface area contributed by atoms with E-state index in [2.05, 4.69) is 4.98 Å². The first-order valence-electron chi connectivity index (χ1n) is 10.9. The number of H-pyrrole nitrogens is 1. The maximum atomic E-state index is 12.9. The van der Waals surface area contributed by atoms with Gasteiger partial charge >= 0.3 is 11.9 Å². The summed E-state index contributed by atoms with van der Waals surface area (Å²) in [4.78, 5) is 40.6. The number of carbonyl (C=O) groups excluding carboxylic acids is 3. The van der Waals surface area contributed by atoms with E-state index in [0.717, 1.165) is 11.4 Å². The second-order valence-corrected chi connectivity index (χ2v) is 8.00. The third kappa shape index (κ3) is 4.05. The zero-order valence-electron chi connectivity index (χ0n) is 19.7. The van der Waals surface area contributed by atoms with Crippen LogP contribution in [0.2, 0.25) is 0 Å². The summed E-state index contributed by atoms with van der Waals surface area (Å²) in [6, 6.07) is 7.33. The van der Waals surface area contributed by atoms with E-state index in [1.54, 1.807) is 26.8 Å². The lowest BCUT2D eigenvalue weighted by Crippen LogP contribution is -2.16. The van der Waals surface area contributed by atoms with Crippen molar-refractivity contribution < 1.29 is 33.3 Å². The van der Waals surface area contributed by atoms with Gasteiger partial charge in [0.15, 0.2) is 18.1 Å². The molecule has 0 saturated heterocycles. The fraction of sp³-hybridized carbons (Fsp3) is 0.320. The highest BCUT2D eigenvalue weighted by atomic mass is 16.7. The average Bonchev–Trinajstić information content (AvgIpc) is 3.47. The molecule has 0 amide bonds. The van der Waals surface area contributed by atoms with Crippen LogP contribution in [-0.4, -0.2) is 47.3 Å². The molecule has 3 aromatic rings. The number of nitrogens with zero attached hydrogens (tertiary/aromatic N) is 1. The van der Waals surface area contributed by atoms with Gasteiger partial charge in [-0.25, -0.2) is 9.59 Å². The van der Waals surface area contributed by atoms with Crippen LogP contribution in [0.3, 0.4) is 0 Å². The highest BCUT2D eigenvalue weighted by Crippen LogP contribution is 2.35. The molecular weight excluding hydrogens is 440 g/mol. The monoisotopic (exact) mass is 466 g/mol. The molecule has 34 heavy (non-hydrogen) atoms. The third-order valence-corrected chi connectivity index (χ3v) is 5.80. The summed E-state index contributed by atoms with van der Waals surface area (Å²) >= 11 is 0. The van der Waals surface area contributed by atoms with Gasteiger partial charge in [0, 0.05) is 34.4 Å². The smallest absolute Gasteiger partial charge is 0.355 e. The number of Topliss-reactive ketones (excluding diaryl/α,β-unsaturated/α-hetero) is 1. The van der Waals surface area contributed by atoms with Gasteiger partial charge in [-0.2, -0.15) is 0 Å². The van der Waals surface area contributed by atoms with Gasteiger partial charge in [-0.15, -0.1) is 0 Å². The number of hydrogen-bond donors (Lipinski definition) is 1. The van der Waals surface area contributed by atoms with Crippen LogP contribution >= 0.6 is 0 Å². The number of nitrogens with one attached hydrogen (secondary N) is 1. The summed E-state index contributed by atoms with van der Waals surface area (Å²) in [5.41, 5.74) is 4.20. The SMILES string of the molecule is CCOC(=O)c1c(C)[nH]c(C(=O)OCC(=O)c2cc(C)n(-c3ccc4c(c3)OCO4)c2C)c1C. The van der Waals surface area contributed by atoms with Gasteiger partial charge in [0.05, 0.1) is 12.2 Å². The first-order valence-corrected chi connectivity index (χ1v) is 10.9. The Morgan fingerprint density at radius 1 is 1.00 bits per heavy atom. The van der Waals surface area contributed by atoms with E-state index >= 15 is 0 Å². The first kappa shape index (κ1) is 23.2. The number of rotatable bonds is 7.